The van der Waals surface area contributed by atoms with E-state index < -0.39 is 0 Å². The molecule has 1 aliphatic carbocycles. The minimum Gasteiger partial charge on any atom is -0.361 e. The molecule has 0 radical (unpaired) electrons. The van der Waals surface area contributed by atoms with Crippen LogP contribution >= 0.6 is 15.9 Å². The number of hydrogen-bond acceptors (Lipinski definition) is 2. The predicted molar refractivity (Wildman–Crippen MR) is 77.8 cm³/mol. The van der Waals surface area contributed by atoms with Gasteiger partial charge in [0, 0.05) is 40.0 Å². The third-order valence-corrected chi connectivity index (χ3v) is 3.88. The summed E-state index contributed by atoms with van der Waals surface area (Å²) in [4.78, 5) is 26.8. The monoisotopic (exact) mass is 317 g/mol. The van der Waals surface area contributed by atoms with Crippen LogP contribution in [0.5, 0.6) is 0 Å². The van der Waals surface area contributed by atoms with Crippen molar-refractivity contribution < 1.29 is 9.59 Å². The highest BCUT2D eigenvalue weighted by Crippen LogP contribution is 2.26. The highest BCUT2D eigenvalue weighted by molar-refractivity contribution is 9.10. The van der Waals surface area contributed by atoms with Gasteiger partial charge in [-0.3, -0.25) is 9.59 Å². The number of aromatic nitrogens is 1. The molecule has 1 aromatic carbocycles. The maximum Gasteiger partial charge on any atom is 0.166 e. The van der Waals surface area contributed by atoms with Gasteiger partial charge in [-0.25, -0.2) is 0 Å². The lowest BCUT2D eigenvalue weighted by Gasteiger charge is -2.11. The Balaban J connectivity index is 2.11. The first-order chi connectivity index (χ1) is 9.15. The zero-order valence-electron chi connectivity index (χ0n) is 10.2. The van der Waals surface area contributed by atoms with Gasteiger partial charge in [-0.15, -0.1) is 0 Å². The lowest BCUT2D eigenvalue weighted by atomic mass is 9.91. The third-order valence-electron chi connectivity index (χ3n) is 3.38. The molecule has 0 amide bonds. The Hall–Kier alpha value is -1.68. The molecule has 0 aliphatic heterocycles. The lowest BCUT2D eigenvalue weighted by Crippen LogP contribution is -2.18. The zero-order chi connectivity index (χ0) is 13.4. The van der Waals surface area contributed by atoms with Crippen molar-refractivity contribution in [3.8, 4) is 0 Å². The summed E-state index contributed by atoms with van der Waals surface area (Å²) in [6.45, 7) is 0. The van der Waals surface area contributed by atoms with Gasteiger partial charge in [0.05, 0.1) is 5.57 Å². The zero-order valence-corrected chi connectivity index (χ0v) is 11.8. The topological polar surface area (TPSA) is 49.9 Å². The largest absolute Gasteiger partial charge is 0.361 e. The standard InChI is InChI=1S/C15H12BrNO2/c16-10-4-5-13-11(7-10)9(8-17-13)6-12-14(18)2-1-3-15(12)19/h4-8,17H,1-3H2. The summed E-state index contributed by atoms with van der Waals surface area (Å²) in [5, 5.41) is 1.01. The van der Waals surface area contributed by atoms with Gasteiger partial charge in [-0.1, -0.05) is 15.9 Å². The second-order valence-corrected chi connectivity index (χ2v) is 5.61. The van der Waals surface area contributed by atoms with Crippen LogP contribution in [-0.2, 0) is 9.59 Å². The second kappa shape index (κ2) is 4.78. The van der Waals surface area contributed by atoms with Crippen molar-refractivity contribution in [1.29, 1.82) is 0 Å². The maximum atomic E-state index is 11.8. The van der Waals surface area contributed by atoms with Crippen LogP contribution in [0.4, 0.5) is 0 Å². The molecular formula is C15H12BrNO2. The minimum atomic E-state index is -0.0411. The molecule has 0 atom stereocenters. The Bertz CT molecular complexity index is 694. The van der Waals surface area contributed by atoms with E-state index in [1.165, 1.54) is 0 Å². The molecule has 0 bridgehead atoms. The van der Waals surface area contributed by atoms with Crippen LogP contribution in [0.15, 0.2) is 34.4 Å². The normalized spacial score (nSPS) is 16.2. The Morgan fingerprint density at radius 3 is 2.63 bits per heavy atom. The van der Waals surface area contributed by atoms with Gasteiger partial charge in [0.15, 0.2) is 11.6 Å². The number of carbonyl (C=O) groups excluding carboxylic acids is 2. The quantitative estimate of drug-likeness (QED) is 0.645. The number of Topliss-reactive ketones (excluding diaryl/α,β-unsaturated/α-hetero) is 2. The smallest absolute Gasteiger partial charge is 0.166 e. The second-order valence-electron chi connectivity index (χ2n) is 4.69. The molecule has 1 saturated carbocycles. The van der Waals surface area contributed by atoms with Crippen molar-refractivity contribution in [3.63, 3.8) is 0 Å². The molecule has 1 aliphatic rings. The van der Waals surface area contributed by atoms with Crippen LogP contribution in [0.3, 0.4) is 0 Å². The number of rotatable bonds is 1. The van der Waals surface area contributed by atoms with E-state index in [-0.39, 0.29) is 11.6 Å². The van der Waals surface area contributed by atoms with E-state index in [9.17, 15) is 9.59 Å². The van der Waals surface area contributed by atoms with E-state index in [0.29, 0.717) is 24.8 Å². The van der Waals surface area contributed by atoms with E-state index >= 15 is 0 Å². The number of halogens is 1. The van der Waals surface area contributed by atoms with E-state index in [1.807, 2.05) is 24.4 Å². The summed E-state index contributed by atoms with van der Waals surface area (Å²) >= 11 is 3.43. The van der Waals surface area contributed by atoms with Crippen molar-refractivity contribution in [2.24, 2.45) is 0 Å². The first kappa shape index (κ1) is 12.4. The van der Waals surface area contributed by atoms with Crippen LogP contribution in [0.1, 0.15) is 24.8 Å². The Labute approximate surface area is 118 Å². The van der Waals surface area contributed by atoms with E-state index in [0.717, 1.165) is 20.9 Å². The predicted octanol–water partition coefficient (Wildman–Crippen LogP) is 3.64. The van der Waals surface area contributed by atoms with E-state index in [2.05, 4.69) is 20.9 Å². The van der Waals surface area contributed by atoms with Crippen molar-refractivity contribution in [2.75, 3.05) is 0 Å². The van der Waals surface area contributed by atoms with Gasteiger partial charge in [0.1, 0.15) is 0 Å². The first-order valence-electron chi connectivity index (χ1n) is 6.20. The molecule has 3 rings (SSSR count). The number of allylic oxidation sites excluding steroid dienone is 1. The highest BCUT2D eigenvalue weighted by atomic mass is 79.9. The van der Waals surface area contributed by atoms with Gasteiger partial charge in [-0.2, -0.15) is 0 Å². The Kier molecular flexibility index (Phi) is 3.11. The summed E-state index contributed by atoms with van der Waals surface area (Å²) in [6, 6.07) is 5.90. The van der Waals surface area contributed by atoms with Crippen molar-refractivity contribution in [1.82, 2.24) is 4.98 Å². The molecule has 1 N–H and O–H groups in total. The average Bonchev–Trinajstić information content (AvgIpc) is 2.76. The number of nitrogens with one attached hydrogen (secondary N) is 1. The molecule has 19 heavy (non-hydrogen) atoms. The van der Waals surface area contributed by atoms with Crippen molar-refractivity contribution in [3.05, 3.63) is 40.0 Å². The summed E-state index contributed by atoms with van der Waals surface area (Å²) in [5.74, 6) is -0.0822. The van der Waals surface area contributed by atoms with Crippen molar-refractivity contribution in [2.45, 2.75) is 19.3 Å². The summed E-state index contributed by atoms with van der Waals surface area (Å²) in [7, 11) is 0. The SMILES string of the molecule is O=C1CCCC(=O)C1=Cc1c[nH]c2ccc(Br)cc12. The summed E-state index contributed by atoms with van der Waals surface area (Å²) < 4.78 is 0.973. The molecular weight excluding hydrogens is 306 g/mol. The number of hydrogen-bond donors (Lipinski definition) is 1. The first-order valence-corrected chi connectivity index (χ1v) is 6.99. The number of carbonyl (C=O) groups is 2. The number of aromatic amines is 1. The van der Waals surface area contributed by atoms with Gasteiger partial charge in [0.2, 0.25) is 0 Å². The highest BCUT2D eigenvalue weighted by Gasteiger charge is 2.23. The van der Waals surface area contributed by atoms with E-state index in [1.54, 1.807) is 6.08 Å². The lowest BCUT2D eigenvalue weighted by molar-refractivity contribution is -0.123. The fourth-order valence-electron chi connectivity index (χ4n) is 2.38. The number of ketones is 2. The van der Waals surface area contributed by atoms with E-state index in [4.69, 9.17) is 0 Å². The van der Waals surface area contributed by atoms with Gasteiger partial charge in [0.25, 0.3) is 0 Å². The number of fused-ring (bicyclic) bond motifs is 1. The molecule has 1 heterocycles. The summed E-state index contributed by atoms with van der Waals surface area (Å²) in [5.41, 5.74) is 2.22. The molecule has 0 spiro atoms. The van der Waals surface area contributed by atoms with Crippen molar-refractivity contribution >= 4 is 44.5 Å². The van der Waals surface area contributed by atoms with Crippen LogP contribution in [0, 0.1) is 0 Å². The third kappa shape index (κ3) is 2.28. The molecule has 4 heteroatoms. The fraction of sp³-hybridized carbons (Fsp3) is 0.200. The molecule has 1 fully saturated rings. The number of H-pyrrole nitrogens is 1. The molecule has 0 unspecified atom stereocenters. The molecule has 3 nitrogen and oxygen atoms in total. The molecule has 1 aromatic heterocycles. The van der Waals surface area contributed by atoms with Crippen LogP contribution in [0.2, 0.25) is 0 Å². The Morgan fingerprint density at radius 1 is 1.16 bits per heavy atom. The van der Waals surface area contributed by atoms with Gasteiger partial charge < -0.3 is 4.98 Å². The number of benzene rings is 1. The van der Waals surface area contributed by atoms with Crippen LogP contribution < -0.4 is 0 Å². The van der Waals surface area contributed by atoms with Crippen LogP contribution in [0.25, 0.3) is 17.0 Å². The maximum absolute atomic E-state index is 11.8. The van der Waals surface area contributed by atoms with Crippen LogP contribution in [-0.4, -0.2) is 16.6 Å². The Morgan fingerprint density at radius 2 is 1.89 bits per heavy atom. The molecule has 96 valence electrons. The molecule has 0 saturated heterocycles. The minimum absolute atomic E-state index is 0.0411. The van der Waals surface area contributed by atoms with Gasteiger partial charge >= 0.3 is 0 Å². The van der Waals surface area contributed by atoms with Gasteiger partial charge in [-0.05, 0) is 30.7 Å². The molecule has 2 aromatic rings. The summed E-state index contributed by atoms with van der Waals surface area (Å²) in [6.07, 6.45) is 5.18. The average molecular weight is 318 g/mol. The fourth-order valence-corrected chi connectivity index (χ4v) is 2.75.